The van der Waals surface area contributed by atoms with E-state index in [4.69, 9.17) is 28.4 Å². The summed E-state index contributed by atoms with van der Waals surface area (Å²) in [6.07, 6.45) is -7.24. The molecule has 0 amide bonds. The fraction of sp³-hybridized carbons (Fsp3) is 0.667. The average Bonchev–Trinajstić information content (AvgIpc) is 3.20. The minimum absolute atomic E-state index is 0.0161. The van der Waals surface area contributed by atoms with E-state index in [1.165, 1.54) is 65.3 Å². The van der Waals surface area contributed by atoms with Crippen molar-refractivity contribution in [2.24, 2.45) is 23.7 Å². The predicted octanol–water partition coefficient (Wildman–Crippen LogP) is 5.95. The SMILES string of the molecule is CC[C@H]1OC(=O)[C@H](C)[C@@H](OC(=O)Cc2ccc(F)cc2)[C@H](C)[C@@H](OC2O[C@@H](C)C[C@@H](N(C)Cc3ccc(F)c(F)c3)[C@@H]2OC)[C@](C)(OC)C[C@@H](C)C(=O)[C@@H](C)[C@@H](O)[C@]1(C)O. The molecule has 2 aliphatic heterocycles. The summed E-state index contributed by atoms with van der Waals surface area (Å²) in [5.41, 5.74) is -2.43. The minimum Gasteiger partial charge on any atom is -0.461 e. The van der Waals surface area contributed by atoms with E-state index >= 15 is 0 Å². The van der Waals surface area contributed by atoms with Crippen molar-refractivity contribution in [3.8, 4) is 0 Å². The van der Waals surface area contributed by atoms with Gasteiger partial charge in [-0.3, -0.25) is 19.3 Å². The molecule has 0 bridgehead atoms. The quantitative estimate of drug-likeness (QED) is 0.258. The number of cyclic esters (lactones) is 1. The first-order chi connectivity index (χ1) is 28.1. The van der Waals surface area contributed by atoms with Crippen LogP contribution in [0, 0.1) is 41.1 Å². The smallest absolute Gasteiger partial charge is 0.312 e. The van der Waals surface area contributed by atoms with E-state index in [0.717, 1.165) is 12.1 Å². The van der Waals surface area contributed by atoms with E-state index in [1.54, 1.807) is 27.7 Å². The maximum absolute atomic E-state index is 14.2. The van der Waals surface area contributed by atoms with Gasteiger partial charge in [0.25, 0.3) is 0 Å². The lowest BCUT2D eigenvalue weighted by Crippen LogP contribution is -2.61. The van der Waals surface area contributed by atoms with Crippen LogP contribution in [0.5, 0.6) is 0 Å². The Hall–Kier alpha value is -3.44. The van der Waals surface area contributed by atoms with Crippen LogP contribution >= 0.6 is 0 Å². The van der Waals surface area contributed by atoms with Crippen molar-refractivity contribution in [2.75, 3.05) is 21.3 Å². The number of halogens is 3. The highest BCUT2D eigenvalue weighted by molar-refractivity contribution is 5.83. The van der Waals surface area contributed by atoms with Crippen LogP contribution in [0.2, 0.25) is 0 Å². The number of ketones is 1. The molecule has 0 radical (unpaired) electrons. The van der Waals surface area contributed by atoms with Gasteiger partial charge in [0, 0.05) is 44.6 Å². The second-order valence-electron chi connectivity index (χ2n) is 17.3. The molecule has 336 valence electrons. The number of hydrogen-bond acceptors (Lipinski definition) is 12. The number of Topliss-reactive ketones (excluding diaryl/α,β-unsaturated/α-hetero) is 1. The van der Waals surface area contributed by atoms with Crippen molar-refractivity contribution in [1.29, 1.82) is 0 Å². The highest BCUT2D eigenvalue weighted by Gasteiger charge is 2.53. The predicted molar refractivity (Wildman–Crippen MR) is 215 cm³/mol. The molecule has 2 aliphatic rings. The van der Waals surface area contributed by atoms with Crippen LogP contribution in [0.3, 0.4) is 0 Å². The molecule has 2 fully saturated rings. The minimum atomic E-state index is -2.04. The molecular weight excluding hydrogens is 787 g/mol. The Morgan fingerprint density at radius 2 is 1.57 bits per heavy atom. The zero-order valence-electron chi connectivity index (χ0n) is 36.7. The molecule has 0 spiro atoms. The molecular formula is C45H64F3NO11. The Labute approximate surface area is 352 Å². The number of aliphatic hydroxyl groups excluding tert-OH is 1. The molecule has 2 aromatic carbocycles. The Balaban J connectivity index is 1.82. The molecule has 2 saturated heterocycles. The normalized spacial score (nSPS) is 36.1. The summed E-state index contributed by atoms with van der Waals surface area (Å²) in [6.45, 7) is 13.2. The van der Waals surface area contributed by atoms with Crippen LogP contribution in [-0.2, 0) is 55.8 Å². The Morgan fingerprint density at radius 3 is 2.15 bits per heavy atom. The van der Waals surface area contributed by atoms with Gasteiger partial charge in [0.05, 0.1) is 36.3 Å². The largest absolute Gasteiger partial charge is 0.461 e. The summed E-state index contributed by atoms with van der Waals surface area (Å²) in [5, 5.41) is 23.1. The number of aliphatic hydroxyl groups is 2. The first-order valence-corrected chi connectivity index (χ1v) is 20.7. The van der Waals surface area contributed by atoms with Gasteiger partial charge in [0.15, 0.2) is 17.9 Å². The molecule has 2 aromatic rings. The number of benzene rings is 2. The summed E-state index contributed by atoms with van der Waals surface area (Å²) in [6, 6.07) is 8.67. The molecule has 2 heterocycles. The van der Waals surface area contributed by atoms with E-state index in [-0.39, 0.29) is 37.6 Å². The third-order valence-corrected chi connectivity index (χ3v) is 12.6. The van der Waals surface area contributed by atoms with Gasteiger partial charge in [-0.05, 0) is 89.4 Å². The van der Waals surface area contributed by atoms with Crippen LogP contribution < -0.4 is 0 Å². The Kier molecular flexibility index (Phi) is 16.9. The van der Waals surface area contributed by atoms with Gasteiger partial charge < -0.3 is 38.6 Å². The van der Waals surface area contributed by atoms with Gasteiger partial charge in [0.2, 0.25) is 0 Å². The van der Waals surface area contributed by atoms with Crippen molar-refractivity contribution < 1.29 is 66.2 Å². The summed E-state index contributed by atoms with van der Waals surface area (Å²) >= 11 is 0. The zero-order chi connectivity index (χ0) is 44.9. The van der Waals surface area contributed by atoms with Crippen LogP contribution in [0.25, 0.3) is 0 Å². The van der Waals surface area contributed by atoms with Crippen LogP contribution in [0.4, 0.5) is 13.2 Å². The topological polar surface area (TPSA) is 150 Å². The van der Waals surface area contributed by atoms with Crippen molar-refractivity contribution >= 4 is 17.7 Å². The molecule has 14 atom stereocenters. The molecule has 60 heavy (non-hydrogen) atoms. The lowest BCUT2D eigenvalue weighted by Gasteiger charge is -2.49. The number of esters is 2. The van der Waals surface area contributed by atoms with Gasteiger partial charge in [-0.1, -0.05) is 45.9 Å². The van der Waals surface area contributed by atoms with Crippen molar-refractivity contribution in [2.45, 2.75) is 148 Å². The molecule has 0 aromatic heterocycles. The molecule has 2 N–H and O–H groups in total. The monoisotopic (exact) mass is 851 g/mol. The van der Waals surface area contributed by atoms with E-state index in [2.05, 4.69) is 0 Å². The summed E-state index contributed by atoms with van der Waals surface area (Å²) < 4.78 is 79.6. The van der Waals surface area contributed by atoms with E-state index in [9.17, 15) is 37.8 Å². The zero-order valence-corrected chi connectivity index (χ0v) is 36.7. The fourth-order valence-corrected chi connectivity index (χ4v) is 8.96. The lowest BCUT2D eigenvalue weighted by molar-refractivity contribution is -0.306. The standard InChI is InChI=1S/C45H64F3NO11/c1-12-35-45(8,54)40(52)26(4)37(51)24(2)22-44(7,56-11)41(27(5)38(28(6)42(53)58-35)59-36(50)21-29-13-16-31(46)17-14-29)60-43-39(55-10)34(19-25(3)57-43)49(9)23-30-15-18-32(47)33(48)20-30/h13-18,20,24-28,34-35,38-41,43,52,54H,12,19,21-23H2,1-11H3/t24-,25+,26-,27+,28-,34-,35-,38+,39+,40-,41-,43?,44-,45-/m1/s1. The fourth-order valence-electron chi connectivity index (χ4n) is 8.96. The first kappa shape index (κ1) is 49.2. The molecule has 12 nitrogen and oxygen atoms in total. The van der Waals surface area contributed by atoms with Crippen molar-refractivity contribution in [3.63, 3.8) is 0 Å². The molecule has 0 aliphatic carbocycles. The molecule has 1 unspecified atom stereocenters. The maximum atomic E-state index is 14.2. The number of methoxy groups -OCH3 is 2. The summed E-state index contributed by atoms with van der Waals surface area (Å²) in [5.74, 6) is -8.34. The number of ether oxygens (including phenoxy) is 6. The average molecular weight is 852 g/mol. The lowest BCUT2D eigenvalue weighted by atomic mass is 9.74. The molecule has 0 saturated carbocycles. The highest BCUT2D eigenvalue weighted by atomic mass is 19.2. The van der Waals surface area contributed by atoms with E-state index < -0.39 is 107 Å². The maximum Gasteiger partial charge on any atom is 0.312 e. The van der Waals surface area contributed by atoms with Crippen LogP contribution in [-0.4, -0.2) is 114 Å². The molecule has 4 rings (SSSR count). The number of rotatable bonds is 11. The van der Waals surface area contributed by atoms with Crippen molar-refractivity contribution in [1.82, 2.24) is 4.90 Å². The van der Waals surface area contributed by atoms with Gasteiger partial charge in [-0.25, -0.2) is 13.2 Å². The van der Waals surface area contributed by atoms with Crippen LogP contribution in [0.1, 0.15) is 85.8 Å². The van der Waals surface area contributed by atoms with Crippen molar-refractivity contribution in [3.05, 3.63) is 71.0 Å². The van der Waals surface area contributed by atoms with Gasteiger partial charge in [-0.2, -0.15) is 0 Å². The second kappa shape index (κ2) is 20.6. The Morgan fingerprint density at radius 1 is 0.933 bits per heavy atom. The number of hydrogen-bond donors (Lipinski definition) is 2. The van der Waals surface area contributed by atoms with E-state index in [1.807, 2.05) is 18.9 Å². The highest BCUT2D eigenvalue weighted by Crippen LogP contribution is 2.40. The first-order valence-electron chi connectivity index (χ1n) is 20.7. The van der Waals surface area contributed by atoms with Gasteiger partial charge >= 0.3 is 11.9 Å². The number of likely N-dealkylation sites (N-methyl/N-ethyl adjacent to an activating group) is 1. The Bertz CT molecular complexity index is 1760. The molecule has 15 heteroatoms. The third kappa shape index (κ3) is 11.3. The number of carbonyl (C=O) groups excluding carboxylic acids is 3. The third-order valence-electron chi connectivity index (χ3n) is 12.6. The van der Waals surface area contributed by atoms with E-state index in [0.29, 0.717) is 17.5 Å². The summed E-state index contributed by atoms with van der Waals surface area (Å²) in [4.78, 5) is 44.0. The summed E-state index contributed by atoms with van der Waals surface area (Å²) in [7, 11) is 4.77. The van der Waals surface area contributed by atoms with Gasteiger partial charge in [-0.15, -0.1) is 0 Å². The second-order valence-corrected chi connectivity index (χ2v) is 17.3. The number of carbonyl (C=O) groups is 3. The number of nitrogens with zero attached hydrogens (tertiary/aromatic N) is 1. The van der Waals surface area contributed by atoms with Crippen LogP contribution in [0.15, 0.2) is 42.5 Å². The van der Waals surface area contributed by atoms with Gasteiger partial charge in [0.1, 0.15) is 35.5 Å².